The molecule has 1 heterocycles. The van der Waals surface area contributed by atoms with Crippen LogP contribution in [0.25, 0.3) is 0 Å². The highest BCUT2D eigenvalue weighted by Gasteiger charge is 2.12. The van der Waals surface area contributed by atoms with Gasteiger partial charge in [0.15, 0.2) is 0 Å². The van der Waals surface area contributed by atoms with Gasteiger partial charge in [-0.1, -0.05) is 12.1 Å². The fourth-order valence-electron chi connectivity index (χ4n) is 2.01. The zero-order valence-electron chi connectivity index (χ0n) is 10.9. The van der Waals surface area contributed by atoms with Crippen LogP contribution in [0.15, 0.2) is 42.7 Å². The predicted molar refractivity (Wildman–Crippen MR) is 70.6 cm³/mol. The van der Waals surface area contributed by atoms with Crippen LogP contribution in [-0.4, -0.2) is 4.98 Å². The summed E-state index contributed by atoms with van der Waals surface area (Å²) < 4.78 is 26.3. The molecule has 1 aromatic carbocycles. The fourth-order valence-corrected chi connectivity index (χ4v) is 2.01. The van der Waals surface area contributed by atoms with Crippen molar-refractivity contribution in [2.24, 2.45) is 0 Å². The average molecular weight is 262 g/mol. The van der Waals surface area contributed by atoms with E-state index >= 15 is 0 Å². The number of benzene rings is 1. The minimum Gasteiger partial charge on any atom is -0.304 e. The zero-order chi connectivity index (χ0) is 13.8. The van der Waals surface area contributed by atoms with E-state index in [0.29, 0.717) is 0 Å². The average Bonchev–Trinajstić information content (AvgIpc) is 2.38. The summed E-state index contributed by atoms with van der Waals surface area (Å²) in [6.45, 7) is 3.87. The van der Waals surface area contributed by atoms with E-state index in [9.17, 15) is 8.78 Å². The van der Waals surface area contributed by atoms with Gasteiger partial charge in [0.1, 0.15) is 11.6 Å². The molecule has 0 spiro atoms. The Hall–Kier alpha value is -1.81. The molecule has 4 heteroatoms. The first kappa shape index (κ1) is 13.6. The van der Waals surface area contributed by atoms with Crippen LogP contribution >= 0.6 is 0 Å². The molecule has 0 saturated carbocycles. The fraction of sp³-hybridized carbons (Fsp3) is 0.267. The lowest BCUT2D eigenvalue weighted by atomic mass is 10.1. The topological polar surface area (TPSA) is 24.9 Å². The van der Waals surface area contributed by atoms with E-state index in [2.05, 4.69) is 10.3 Å². The van der Waals surface area contributed by atoms with Crippen molar-refractivity contribution in [3.8, 4) is 0 Å². The Kier molecular flexibility index (Phi) is 4.22. The van der Waals surface area contributed by atoms with Crippen LogP contribution in [0.2, 0.25) is 0 Å². The first-order valence-electron chi connectivity index (χ1n) is 6.18. The summed E-state index contributed by atoms with van der Waals surface area (Å²) in [7, 11) is 0. The third kappa shape index (κ3) is 3.58. The second kappa shape index (κ2) is 5.89. The van der Waals surface area contributed by atoms with E-state index in [1.807, 2.05) is 19.9 Å². The molecule has 0 fully saturated rings. The van der Waals surface area contributed by atoms with Crippen molar-refractivity contribution < 1.29 is 8.78 Å². The summed E-state index contributed by atoms with van der Waals surface area (Å²) in [5.74, 6) is -0.615. The Morgan fingerprint density at radius 2 is 1.63 bits per heavy atom. The number of nitrogens with one attached hydrogen (secondary N) is 1. The van der Waals surface area contributed by atoms with E-state index in [0.717, 1.165) is 11.1 Å². The molecule has 2 aromatic rings. The van der Waals surface area contributed by atoms with Gasteiger partial charge in [-0.25, -0.2) is 8.78 Å². The zero-order valence-corrected chi connectivity index (χ0v) is 10.9. The third-order valence-corrected chi connectivity index (χ3v) is 3.07. The lowest BCUT2D eigenvalue weighted by molar-refractivity contribution is 0.488. The van der Waals surface area contributed by atoms with Gasteiger partial charge >= 0.3 is 0 Å². The van der Waals surface area contributed by atoms with Crippen molar-refractivity contribution in [3.63, 3.8) is 0 Å². The van der Waals surface area contributed by atoms with Gasteiger partial charge in [0, 0.05) is 18.3 Å². The molecule has 0 bridgehead atoms. The molecule has 2 nitrogen and oxygen atoms in total. The highest BCUT2D eigenvalue weighted by atomic mass is 19.1. The van der Waals surface area contributed by atoms with Gasteiger partial charge in [-0.15, -0.1) is 0 Å². The van der Waals surface area contributed by atoms with E-state index < -0.39 is 0 Å². The van der Waals surface area contributed by atoms with Crippen LogP contribution in [0.4, 0.5) is 8.78 Å². The van der Waals surface area contributed by atoms with Crippen LogP contribution in [0.5, 0.6) is 0 Å². The molecule has 1 N–H and O–H groups in total. The SMILES string of the molecule is CC(N[C@H](C)c1cccc(F)c1)c1cncc(F)c1. The second-order valence-electron chi connectivity index (χ2n) is 4.60. The number of halogens is 2. The summed E-state index contributed by atoms with van der Waals surface area (Å²) >= 11 is 0. The summed E-state index contributed by atoms with van der Waals surface area (Å²) in [6, 6.07) is 7.79. The minimum atomic E-state index is -0.357. The molecule has 0 radical (unpaired) electrons. The van der Waals surface area contributed by atoms with E-state index in [1.54, 1.807) is 12.3 Å². The van der Waals surface area contributed by atoms with Crippen molar-refractivity contribution in [1.29, 1.82) is 0 Å². The Morgan fingerprint density at radius 1 is 0.947 bits per heavy atom. The Morgan fingerprint density at radius 3 is 2.32 bits per heavy atom. The van der Waals surface area contributed by atoms with Gasteiger partial charge in [-0.2, -0.15) is 0 Å². The number of hydrogen-bond donors (Lipinski definition) is 1. The Balaban J connectivity index is 2.08. The van der Waals surface area contributed by atoms with Crippen LogP contribution in [-0.2, 0) is 0 Å². The molecule has 2 rings (SSSR count). The number of aromatic nitrogens is 1. The monoisotopic (exact) mass is 262 g/mol. The van der Waals surface area contributed by atoms with Gasteiger partial charge in [-0.05, 0) is 43.2 Å². The van der Waals surface area contributed by atoms with Gasteiger partial charge in [0.25, 0.3) is 0 Å². The number of hydrogen-bond acceptors (Lipinski definition) is 2. The Bertz CT molecular complexity index is 508. The minimum absolute atomic E-state index is 0.0334. The van der Waals surface area contributed by atoms with Crippen molar-refractivity contribution in [3.05, 3.63) is 65.5 Å². The Labute approximate surface area is 111 Å². The quantitative estimate of drug-likeness (QED) is 0.907. The molecule has 0 aliphatic heterocycles. The highest BCUT2D eigenvalue weighted by molar-refractivity contribution is 5.21. The van der Waals surface area contributed by atoms with E-state index in [4.69, 9.17) is 0 Å². The molecule has 0 aliphatic carbocycles. The summed E-state index contributed by atoms with van der Waals surface area (Å²) in [5.41, 5.74) is 1.62. The smallest absolute Gasteiger partial charge is 0.141 e. The molecule has 0 amide bonds. The summed E-state index contributed by atoms with van der Waals surface area (Å²) in [5, 5.41) is 3.29. The maximum atomic E-state index is 13.2. The van der Waals surface area contributed by atoms with E-state index in [1.165, 1.54) is 24.4 Å². The molecule has 19 heavy (non-hydrogen) atoms. The normalized spacial score (nSPS) is 14.1. The standard InChI is InChI=1S/C15H16F2N2/c1-10(12-4-3-5-14(16)6-12)19-11(2)13-7-15(17)9-18-8-13/h3-11,19H,1-2H3/t10-,11?/m1/s1. The van der Waals surface area contributed by atoms with Crippen molar-refractivity contribution >= 4 is 0 Å². The van der Waals surface area contributed by atoms with Gasteiger partial charge < -0.3 is 5.32 Å². The predicted octanol–water partition coefficient (Wildman–Crippen LogP) is 3.77. The van der Waals surface area contributed by atoms with Crippen molar-refractivity contribution in [2.45, 2.75) is 25.9 Å². The van der Waals surface area contributed by atoms with Gasteiger partial charge in [0.2, 0.25) is 0 Å². The van der Waals surface area contributed by atoms with Gasteiger partial charge in [-0.3, -0.25) is 4.98 Å². The van der Waals surface area contributed by atoms with Crippen molar-refractivity contribution in [1.82, 2.24) is 10.3 Å². The molecule has 0 aliphatic rings. The number of rotatable bonds is 4. The maximum absolute atomic E-state index is 13.2. The lowest BCUT2D eigenvalue weighted by Gasteiger charge is -2.20. The third-order valence-electron chi connectivity index (χ3n) is 3.07. The van der Waals surface area contributed by atoms with Crippen LogP contribution in [0.1, 0.15) is 37.1 Å². The molecule has 1 unspecified atom stereocenters. The van der Waals surface area contributed by atoms with E-state index in [-0.39, 0.29) is 23.7 Å². The van der Waals surface area contributed by atoms with Crippen LogP contribution < -0.4 is 5.32 Å². The van der Waals surface area contributed by atoms with Crippen LogP contribution in [0.3, 0.4) is 0 Å². The summed E-state index contributed by atoms with van der Waals surface area (Å²) in [4.78, 5) is 3.82. The second-order valence-corrected chi connectivity index (χ2v) is 4.60. The van der Waals surface area contributed by atoms with Crippen LogP contribution in [0, 0.1) is 11.6 Å². The highest BCUT2D eigenvalue weighted by Crippen LogP contribution is 2.19. The number of nitrogens with zero attached hydrogens (tertiary/aromatic N) is 1. The maximum Gasteiger partial charge on any atom is 0.141 e. The first-order chi connectivity index (χ1) is 9.06. The lowest BCUT2D eigenvalue weighted by Crippen LogP contribution is -2.22. The molecular formula is C15H16F2N2. The first-order valence-corrected chi connectivity index (χ1v) is 6.18. The molecular weight excluding hydrogens is 246 g/mol. The van der Waals surface area contributed by atoms with Crippen molar-refractivity contribution in [2.75, 3.05) is 0 Å². The molecule has 100 valence electrons. The van der Waals surface area contributed by atoms with Gasteiger partial charge in [0.05, 0.1) is 6.20 Å². The largest absolute Gasteiger partial charge is 0.304 e. The molecule has 1 aromatic heterocycles. The molecule has 2 atom stereocenters. The molecule has 0 saturated heterocycles. The summed E-state index contributed by atoms with van der Waals surface area (Å²) in [6.07, 6.45) is 2.80. The number of pyridine rings is 1.